The van der Waals surface area contributed by atoms with Gasteiger partial charge < -0.3 is 19.8 Å². The number of rotatable bonds is 9. The molecule has 1 aliphatic rings. The van der Waals surface area contributed by atoms with Gasteiger partial charge >= 0.3 is 0 Å². The van der Waals surface area contributed by atoms with Gasteiger partial charge in [-0.25, -0.2) is 8.42 Å². The van der Waals surface area contributed by atoms with Crippen molar-refractivity contribution in [3.63, 3.8) is 0 Å². The van der Waals surface area contributed by atoms with Crippen LogP contribution in [-0.2, 0) is 19.4 Å². The second-order valence-corrected chi connectivity index (χ2v) is 11.2. The molecule has 1 aliphatic heterocycles. The predicted octanol–water partition coefficient (Wildman–Crippen LogP) is 2.49. The van der Waals surface area contributed by atoms with Gasteiger partial charge in [-0.05, 0) is 43.5 Å². The summed E-state index contributed by atoms with van der Waals surface area (Å²) in [5.74, 6) is -0.809. The quantitative estimate of drug-likeness (QED) is 0.465. The van der Waals surface area contributed by atoms with E-state index in [4.69, 9.17) is 14.9 Å². The number of benzene rings is 2. The zero-order valence-electron chi connectivity index (χ0n) is 19.6. The van der Waals surface area contributed by atoms with Crippen LogP contribution in [0.5, 0.6) is 0 Å². The summed E-state index contributed by atoms with van der Waals surface area (Å²) >= 11 is 0. The number of nitrogens with two attached hydrogens (primary N) is 1. The summed E-state index contributed by atoms with van der Waals surface area (Å²) in [5.41, 5.74) is 8.21. The monoisotopic (exact) mass is 483 g/mol. The van der Waals surface area contributed by atoms with Gasteiger partial charge in [-0.1, -0.05) is 42.9 Å². The fourth-order valence-corrected chi connectivity index (χ4v) is 6.38. The van der Waals surface area contributed by atoms with Gasteiger partial charge in [-0.2, -0.15) is 4.98 Å². The summed E-state index contributed by atoms with van der Waals surface area (Å²) in [6.07, 6.45) is 1.99. The molecule has 1 saturated heterocycles. The Labute approximate surface area is 200 Å². The number of primary amides is 1. The molecule has 0 bridgehead atoms. The highest BCUT2D eigenvalue weighted by atomic mass is 32.2. The van der Waals surface area contributed by atoms with Crippen molar-refractivity contribution in [2.45, 2.75) is 42.0 Å². The maximum atomic E-state index is 13.3. The van der Waals surface area contributed by atoms with E-state index in [0.29, 0.717) is 6.01 Å². The van der Waals surface area contributed by atoms with Crippen LogP contribution in [0.1, 0.15) is 19.3 Å². The number of para-hydroxylation sites is 2. The summed E-state index contributed by atoms with van der Waals surface area (Å²) in [6.45, 7) is 3.55. The Kier molecular flexibility index (Phi) is 7.00. The van der Waals surface area contributed by atoms with E-state index in [1.807, 2.05) is 48.3 Å². The third kappa shape index (κ3) is 4.56. The first-order chi connectivity index (χ1) is 16.2. The van der Waals surface area contributed by atoms with Gasteiger partial charge in [0.05, 0.1) is 4.90 Å². The molecule has 10 heteroatoms. The lowest BCUT2D eigenvalue weighted by Crippen LogP contribution is -2.53. The molecule has 3 aromatic rings. The van der Waals surface area contributed by atoms with E-state index in [0.717, 1.165) is 35.8 Å². The standard InChI is InChI=1S/C24H30BN3O5S/c1-25(14-5-15-28(2)23-27-20-6-3-4-7-21(20)33-23)18-8-10-19(11-9-18)34(30,31)24(22(26)29)12-16-32-17-13-24/h3-4,6-11H,5,12-17H2,1-2H3,(H2,26,29). The van der Waals surface area contributed by atoms with Crippen LogP contribution in [0.25, 0.3) is 11.1 Å². The Bertz CT molecular complexity index is 1220. The van der Waals surface area contributed by atoms with Crippen LogP contribution in [0.4, 0.5) is 6.01 Å². The number of carbonyl (C=O) groups excluding carboxylic acids is 1. The summed E-state index contributed by atoms with van der Waals surface area (Å²) in [4.78, 5) is 18.8. The molecule has 2 N–H and O–H groups in total. The third-order valence-electron chi connectivity index (χ3n) is 6.76. The molecule has 180 valence electrons. The normalized spacial score (nSPS) is 15.8. The van der Waals surface area contributed by atoms with Crippen LogP contribution in [-0.4, -0.2) is 57.6 Å². The number of hydrogen-bond donors (Lipinski definition) is 1. The molecule has 0 unspecified atom stereocenters. The predicted molar refractivity (Wildman–Crippen MR) is 134 cm³/mol. The number of fused-ring (bicyclic) bond motifs is 1. The van der Waals surface area contributed by atoms with Crippen molar-refractivity contribution in [1.82, 2.24) is 4.98 Å². The van der Waals surface area contributed by atoms with E-state index in [1.165, 1.54) is 0 Å². The van der Waals surface area contributed by atoms with Crippen molar-refractivity contribution < 1.29 is 22.4 Å². The molecule has 34 heavy (non-hydrogen) atoms. The van der Waals surface area contributed by atoms with E-state index in [9.17, 15) is 13.2 Å². The second-order valence-electron chi connectivity index (χ2n) is 8.97. The first-order valence-electron chi connectivity index (χ1n) is 11.5. The van der Waals surface area contributed by atoms with Crippen molar-refractivity contribution >= 4 is 45.0 Å². The molecule has 1 fully saturated rings. The average Bonchev–Trinajstić information content (AvgIpc) is 3.29. The van der Waals surface area contributed by atoms with Gasteiger partial charge in [0.15, 0.2) is 26.9 Å². The zero-order valence-corrected chi connectivity index (χ0v) is 20.4. The minimum Gasteiger partial charge on any atom is -0.423 e. The molecule has 1 amide bonds. The summed E-state index contributed by atoms with van der Waals surface area (Å²) in [7, 11) is -1.96. The van der Waals surface area contributed by atoms with Crippen LogP contribution in [0.2, 0.25) is 13.1 Å². The maximum Gasteiger partial charge on any atom is 0.298 e. The fraction of sp³-hybridized carbons (Fsp3) is 0.417. The first kappa shape index (κ1) is 24.3. The number of nitrogens with zero attached hydrogens (tertiary/aromatic N) is 2. The van der Waals surface area contributed by atoms with Crippen molar-refractivity contribution in [3.05, 3.63) is 48.5 Å². The van der Waals surface area contributed by atoms with Crippen LogP contribution in [0, 0.1) is 0 Å². The van der Waals surface area contributed by atoms with E-state index < -0.39 is 20.5 Å². The molecular weight excluding hydrogens is 453 g/mol. The molecule has 2 aromatic carbocycles. The molecular formula is C24H30BN3O5S. The van der Waals surface area contributed by atoms with Gasteiger partial charge in [-0.3, -0.25) is 4.79 Å². The van der Waals surface area contributed by atoms with Gasteiger partial charge in [0.1, 0.15) is 5.52 Å². The average molecular weight is 483 g/mol. The number of aromatic nitrogens is 1. The van der Waals surface area contributed by atoms with Crippen LogP contribution < -0.4 is 16.1 Å². The fourth-order valence-electron chi connectivity index (χ4n) is 4.47. The van der Waals surface area contributed by atoms with Crippen LogP contribution >= 0.6 is 0 Å². The minimum absolute atomic E-state index is 0.0798. The molecule has 0 radical (unpaired) electrons. The molecule has 0 spiro atoms. The zero-order chi connectivity index (χ0) is 24.3. The Hall–Kier alpha value is -2.85. The van der Waals surface area contributed by atoms with E-state index in [-0.39, 0.29) is 37.7 Å². The number of hydrogen-bond acceptors (Lipinski definition) is 7. The molecule has 8 nitrogen and oxygen atoms in total. The van der Waals surface area contributed by atoms with Crippen LogP contribution in [0.3, 0.4) is 0 Å². The number of carbonyl (C=O) groups is 1. The Balaban J connectivity index is 1.38. The highest BCUT2D eigenvalue weighted by Gasteiger charge is 2.51. The number of oxazole rings is 1. The SMILES string of the molecule is CB(CCCN(C)c1nc2ccccc2o1)c1ccc(S(=O)(=O)C2(C(N)=O)CCOCC2)cc1. The number of sulfone groups is 1. The van der Waals surface area contributed by atoms with Crippen molar-refractivity contribution in [2.75, 3.05) is 31.7 Å². The number of anilines is 1. The number of ether oxygens (including phenoxy) is 1. The molecule has 0 atom stereocenters. The van der Waals surface area contributed by atoms with E-state index in [2.05, 4.69) is 11.8 Å². The molecule has 4 rings (SSSR count). The minimum atomic E-state index is -3.91. The topological polar surface area (TPSA) is 116 Å². The molecule has 2 heterocycles. The molecule has 0 aliphatic carbocycles. The van der Waals surface area contributed by atoms with Gasteiger partial charge in [0.25, 0.3) is 6.01 Å². The third-order valence-corrected chi connectivity index (χ3v) is 9.29. The van der Waals surface area contributed by atoms with Crippen molar-refractivity contribution in [2.24, 2.45) is 5.73 Å². The first-order valence-corrected chi connectivity index (χ1v) is 13.0. The highest BCUT2D eigenvalue weighted by Crippen LogP contribution is 2.34. The van der Waals surface area contributed by atoms with E-state index >= 15 is 0 Å². The lowest BCUT2D eigenvalue weighted by atomic mass is 9.44. The Morgan fingerprint density at radius 3 is 2.47 bits per heavy atom. The largest absolute Gasteiger partial charge is 0.423 e. The lowest BCUT2D eigenvalue weighted by Gasteiger charge is -2.33. The summed E-state index contributed by atoms with van der Waals surface area (Å²) in [5, 5.41) is 0. The van der Waals surface area contributed by atoms with E-state index in [1.54, 1.807) is 12.1 Å². The summed E-state index contributed by atoms with van der Waals surface area (Å²) < 4.78 is 36.1. The van der Waals surface area contributed by atoms with Gasteiger partial charge in [-0.15, -0.1) is 0 Å². The molecule has 1 aromatic heterocycles. The lowest BCUT2D eigenvalue weighted by molar-refractivity contribution is -0.122. The second kappa shape index (κ2) is 9.80. The smallest absolute Gasteiger partial charge is 0.298 e. The maximum absolute atomic E-state index is 13.3. The Morgan fingerprint density at radius 1 is 1.15 bits per heavy atom. The molecule has 0 saturated carbocycles. The number of amides is 1. The highest BCUT2D eigenvalue weighted by molar-refractivity contribution is 7.93. The van der Waals surface area contributed by atoms with Crippen molar-refractivity contribution in [3.8, 4) is 0 Å². The van der Waals surface area contributed by atoms with Gasteiger partial charge in [0.2, 0.25) is 5.91 Å². The summed E-state index contributed by atoms with van der Waals surface area (Å²) in [6, 6.07) is 15.1. The Morgan fingerprint density at radius 2 is 1.82 bits per heavy atom. The van der Waals surface area contributed by atoms with Crippen molar-refractivity contribution in [1.29, 1.82) is 0 Å². The van der Waals surface area contributed by atoms with Crippen LogP contribution in [0.15, 0.2) is 57.8 Å². The van der Waals surface area contributed by atoms with Gasteiger partial charge in [0, 0.05) is 26.8 Å².